The first-order valence-electron chi connectivity index (χ1n) is 41.7. The summed E-state index contributed by atoms with van der Waals surface area (Å²) in [5.74, 6) is 2.21. The highest BCUT2D eigenvalue weighted by Gasteiger charge is 2.28. The second kappa shape index (κ2) is 45.8. The number of aryl methyl sites for hydroxylation is 1. The van der Waals surface area contributed by atoms with Gasteiger partial charge in [-0.3, -0.25) is 19.9 Å². The summed E-state index contributed by atoms with van der Waals surface area (Å²) in [7, 11) is -2.44. The third-order valence-corrected chi connectivity index (χ3v) is 26.0. The Kier molecular flexibility index (Phi) is 37.0. The van der Waals surface area contributed by atoms with Gasteiger partial charge in [-0.1, -0.05) is 124 Å². The average Bonchev–Trinajstić information content (AvgIpc) is 1.58. The summed E-state index contributed by atoms with van der Waals surface area (Å²) in [6.07, 6.45) is 16.5. The molecule has 0 bridgehead atoms. The van der Waals surface area contributed by atoms with Crippen molar-refractivity contribution < 1.29 is 22.6 Å². The lowest BCUT2D eigenvalue weighted by atomic mass is 9.92. The number of halogens is 8. The van der Waals surface area contributed by atoms with Gasteiger partial charge in [0, 0.05) is 142 Å². The van der Waals surface area contributed by atoms with Gasteiger partial charge in [-0.25, -0.2) is 43.1 Å². The van der Waals surface area contributed by atoms with Gasteiger partial charge >= 0.3 is 0 Å². The van der Waals surface area contributed by atoms with Crippen LogP contribution < -0.4 is 10.6 Å². The predicted octanol–water partition coefficient (Wildman–Crippen LogP) is 24.0. The number of anilines is 1. The minimum atomic E-state index is -1.23. The molecule has 656 valence electrons. The Morgan fingerprint density at radius 3 is 1.42 bits per heavy atom. The number of hydrogen-bond donors (Lipinski definition) is 3. The smallest absolute Gasteiger partial charge is 0.132 e. The SMILES string of the molecule is C.C.CCCN1C[C@H](C)C[C@H](C)C1.C[C@@H]1CN(CCNc2cnc3ccc(-c4[nH]cnc4-c4cc(Cl)ccc4F)nc3c2)C[C@H](C)N1.C[C@@H]1C[C@H](C)CN(CCCc2cnc3ccc(-c4c(-c5cc(Cl)ccc5F)ncn4COCC[Si](C)(C)C)nc3c2)C1.C[Si](C)(C)CCOCn1cnc(-c2cc(Cl)ccc2F)c1-c1ccc2ncc(Br)cc2n1.I. The Balaban J connectivity index is 0.000000194. The maximum atomic E-state index is 15.0. The largest absolute Gasteiger partial charge is 0.382 e. The summed E-state index contributed by atoms with van der Waals surface area (Å²) >= 11 is 22.0. The molecule has 3 aromatic carbocycles. The number of piperidine rings is 2. The van der Waals surface area contributed by atoms with Gasteiger partial charge in [-0.2, -0.15) is 0 Å². The maximum absolute atomic E-state index is 15.0. The summed E-state index contributed by atoms with van der Waals surface area (Å²) in [6.45, 7) is 43.4. The lowest BCUT2D eigenvalue weighted by Crippen LogP contribution is -2.54. The lowest BCUT2D eigenvalue weighted by Gasteiger charge is -2.36. The average molecular weight is 1940 g/mol. The van der Waals surface area contributed by atoms with Crippen LogP contribution in [0.4, 0.5) is 18.9 Å². The first-order chi connectivity index (χ1) is 56.9. The molecule has 6 atom stereocenters. The molecule has 122 heavy (non-hydrogen) atoms. The van der Waals surface area contributed by atoms with E-state index < -0.39 is 22.0 Å². The fourth-order valence-corrected chi connectivity index (χ4v) is 18.5. The summed E-state index contributed by atoms with van der Waals surface area (Å²) in [5.41, 5.74) is 13.2. The molecule has 3 aliphatic rings. The van der Waals surface area contributed by atoms with Crippen LogP contribution in [0.25, 0.3) is 101 Å². The molecule has 9 aromatic heterocycles. The van der Waals surface area contributed by atoms with Gasteiger partial charge in [0.1, 0.15) is 48.0 Å². The molecular weight excluding hydrogens is 1810 g/mol. The van der Waals surface area contributed by atoms with E-state index in [-0.39, 0.29) is 50.5 Å². The van der Waals surface area contributed by atoms with Crippen molar-refractivity contribution >= 4 is 130 Å². The number of aromatic amines is 1. The molecule has 0 radical (unpaired) electrons. The number of piperazine rings is 1. The van der Waals surface area contributed by atoms with Crippen LogP contribution in [0, 0.1) is 41.1 Å². The Hall–Kier alpha value is -7.17. The molecule has 19 nitrogen and oxygen atoms in total. The Labute approximate surface area is 762 Å². The number of likely N-dealkylation sites (tertiary alicyclic amines) is 2. The predicted molar refractivity (Wildman–Crippen MR) is 519 cm³/mol. The van der Waals surface area contributed by atoms with Crippen LogP contribution in [-0.2, 0) is 29.4 Å². The van der Waals surface area contributed by atoms with Crippen LogP contribution in [0.1, 0.15) is 94.6 Å². The number of aromatic nitrogens is 12. The zero-order chi connectivity index (χ0) is 84.7. The second-order valence-electron chi connectivity index (χ2n) is 35.1. The van der Waals surface area contributed by atoms with E-state index in [2.05, 4.69) is 165 Å². The van der Waals surface area contributed by atoms with Crippen LogP contribution >= 0.6 is 74.7 Å². The van der Waals surface area contributed by atoms with Crippen molar-refractivity contribution in [2.75, 3.05) is 84.0 Å². The minimum Gasteiger partial charge on any atom is -0.382 e. The van der Waals surface area contributed by atoms with Crippen LogP contribution in [0.3, 0.4) is 0 Å². The number of imidazole rings is 3. The van der Waals surface area contributed by atoms with E-state index in [0.29, 0.717) is 122 Å². The number of benzene rings is 3. The van der Waals surface area contributed by atoms with E-state index in [4.69, 9.17) is 64.2 Å². The third-order valence-electron chi connectivity index (χ3n) is 21.5. The number of H-pyrrole nitrogens is 1. The number of fused-ring (bicyclic) bond motifs is 3. The Morgan fingerprint density at radius 1 is 0.492 bits per heavy atom. The monoisotopic (exact) mass is 1930 g/mol. The van der Waals surface area contributed by atoms with Crippen molar-refractivity contribution in [2.45, 2.75) is 172 Å². The molecule has 3 fully saturated rings. The number of ether oxygens (including phenoxy) is 2. The first-order valence-corrected chi connectivity index (χ1v) is 51.1. The molecule has 0 unspecified atom stereocenters. The standard InChI is InChI=1S/C33H43ClFN5OSi.C25H27ClFN7.C23H23BrClFN4OSi.C10H21N.2CH4.HI/c1-23-15-24(2)20-39(19-23)12-6-7-25-16-31-29(36-18-25)10-11-30(38-31)33-32(27-17-26(34)8-9-28(27)35)37-21-40(33)22-41-13-14-42(3,4)5;1-15-12-34(13-16(2)32-15)8-7-28-18-10-23-21(29-11-18)5-6-22(33-23)25-24(30-14-31-25)19-9-17(26)3-4-20(19)27;1-32(2,3)9-8-31-14-30-13-28-22(17-11-16(25)4-5-18(17)26)23(30)20-7-6-19-21(29-20)10-15(24)12-27-19;1-4-5-11-7-9(2)6-10(3)8-11;;;/h8-11,16-18,21,23-24H,6-7,12-15,19-20,22H2,1-5H3;3-6,9-11,14-16,28,32H,7-8,12-13H2,1-2H3,(H,30,31);4-7,10-13H,8-9,14H2,1-3H3;9-10H,4-8H2,1-3H3;2*1H4;1H/t23-,24+;15-,16+;;9-,10+;;;. The van der Waals surface area contributed by atoms with Crippen molar-refractivity contribution in [3.05, 3.63) is 189 Å². The molecule has 29 heteroatoms. The van der Waals surface area contributed by atoms with Crippen molar-refractivity contribution in [1.82, 2.24) is 79.0 Å². The van der Waals surface area contributed by atoms with Gasteiger partial charge in [0.15, 0.2) is 0 Å². The van der Waals surface area contributed by atoms with Gasteiger partial charge in [0.2, 0.25) is 0 Å². The number of pyridine rings is 6. The zero-order valence-electron chi connectivity index (χ0n) is 71.3. The van der Waals surface area contributed by atoms with Crippen LogP contribution in [0.15, 0.2) is 151 Å². The molecule has 12 heterocycles. The summed E-state index contributed by atoms with van der Waals surface area (Å²) in [5, 5.41) is 8.36. The minimum absolute atomic E-state index is 0. The molecule has 3 N–H and O–H groups in total. The summed E-state index contributed by atoms with van der Waals surface area (Å²) in [4.78, 5) is 52.5. The fraction of sp³-hybridized carbons (Fsp3) is 0.452. The molecule has 0 spiro atoms. The highest BCUT2D eigenvalue weighted by atomic mass is 127. The van der Waals surface area contributed by atoms with Crippen molar-refractivity contribution in [3.8, 4) is 67.9 Å². The molecule has 12 aromatic rings. The molecule has 0 amide bonds. The fourth-order valence-electron chi connectivity index (χ4n) is 16.1. The second-order valence-corrected chi connectivity index (χ2v) is 48.6. The van der Waals surface area contributed by atoms with E-state index in [1.807, 2.05) is 70.1 Å². The summed E-state index contributed by atoms with van der Waals surface area (Å²) < 4.78 is 60.9. The van der Waals surface area contributed by atoms with Crippen LogP contribution in [0.2, 0.25) is 66.4 Å². The molecule has 3 saturated heterocycles. The summed E-state index contributed by atoms with van der Waals surface area (Å²) in [6, 6.07) is 34.0. The highest BCUT2D eigenvalue weighted by Crippen LogP contribution is 2.39. The number of hydrogen-bond acceptors (Lipinski definition) is 16. The highest BCUT2D eigenvalue weighted by molar-refractivity contribution is 14.0. The van der Waals surface area contributed by atoms with E-state index in [1.165, 1.54) is 94.2 Å². The Morgan fingerprint density at radius 2 is 0.926 bits per heavy atom. The van der Waals surface area contributed by atoms with E-state index >= 15 is 4.39 Å². The Bertz CT molecular complexity index is 5360. The van der Waals surface area contributed by atoms with Crippen LogP contribution in [0.5, 0.6) is 0 Å². The van der Waals surface area contributed by atoms with E-state index in [1.54, 1.807) is 43.1 Å². The lowest BCUT2D eigenvalue weighted by molar-refractivity contribution is 0.0881. The quantitative estimate of drug-likeness (QED) is 0.0263. The van der Waals surface area contributed by atoms with E-state index in [9.17, 15) is 8.78 Å². The third kappa shape index (κ3) is 27.9. The molecule has 3 aliphatic heterocycles. The normalized spacial score (nSPS) is 17.7. The van der Waals surface area contributed by atoms with Gasteiger partial charge in [0.05, 0.1) is 98.1 Å². The van der Waals surface area contributed by atoms with Gasteiger partial charge in [0.25, 0.3) is 0 Å². The van der Waals surface area contributed by atoms with Gasteiger partial charge in [-0.05, 0) is 225 Å². The number of nitrogens with zero attached hydrogens (tertiary/aromatic N) is 14. The number of nitrogens with one attached hydrogen (secondary N) is 3. The first kappa shape index (κ1) is 98.6. The van der Waals surface area contributed by atoms with Crippen LogP contribution in [-0.4, -0.2) is 181 Å². The van der Waals surface area contributed by atoms with Crippen molar-refractivity contribution in [1.29, 1.82) is 0 Å². The van der Waals surface area contributed by atoms with Gasteiger partial charge in [-0.15, -0.1) is 24.0 Å². The van der Waals surface area contributed by atoms with Crippen molar-refractivity contribution in [3.63, 3.8) is 0 Å². The molecule has 0 aliphatic carbocycles. The zero-order valence-corrected chi connectivity index (χ0v) is 79.5. The molecule has 0 saturated carbocycles. The molecular formula is C93H123BrCl3F3IN17O2Si2. The number of rotatable bonds is 26. The van der Waals surface area contributed by atoms with Gasteiger partial charge < -0.3 is 44.0 Å². The van der Waals surface area contributed by atoms with E-state index in [0.717, 1.165) is 125 Å². The molecule has 15 rings (SSSR count). The topological polar surface area (TPSA) is 194 Å². The maximum Gasteiger partial charge on any atom is 0.132 e. The van der Waals surface area contributed by atoms with Crippen molar-refractivity contribution in [2.24, 2.45) is 23.7 Å².